The van der Waals surface area contributed by atoms with E-state index in [9.17, 15) is 0 Å². The maximum Gasteiger partial charge on any atom is 0.0815 e. The summed E-state index contributed by atoms with van der Waals surface area (Å²) in [6.07, 6.45) is 1.49. The number of ether oxygens (including phenoxy) is 1. The van der Waals surface area contributed by atoms with E-state index in [4.69, 9.17) is 16.3 Å². The van der Waals surface area contributed by atoms with Crippen molar-refractivity contribution in [2.75, 3.05) is 13.1 Å². The Labute approximate surface area is 95.6 Å². The van der Waals surface area contributed by atoms with Crippen molar-refractivity contribution < 1.29 is 4.74 Å². The average Bonchev–Trinajstić information content (AvgIpc) is 2.71. The van der Waals surface area contributed by atoms with E-state index in [1.165, 1.54) is 0 Å². The van der Waals surface area contributed by atoms with Gasteiger partial charge >= 0.3 is 0 Å². The summed E-state index contributed by atoms with van der Waals surface area (Å²) in [7, 11) is 0. The van der Waals surface area contributed by atoms with Crippen LogP contribution in [0.2, 0.25) is 5.02 Å². The minimum Gasteiger partial charge on any atom is -0.369 e. The number of benzene rings is 1. The van der Waals surface area contributed by atoms with Gasteiger partial charge in [-0.25, -0.2) is 0 Å². The van der Waals surface area contributed by atoms with Gasteiger partial charge in [-0.1, -0.05) is 29.8 Å². The minimum absolute atomic E-state index is 0.0728. The first-order chi connectivity index (χ1) is 7.27. The fourth-order valence-corrected chi connectivity index (χ4v) is 2.20. The molecule has 2 unspecified atom stereocenters. The van der Waals surface area contributed by atoms with Crippen LogP contribution in [0.15, 0.2) is 24.3 Å². The molecule has 0 aromatic heterocycles. The molecule has 82 valence electrons. The van der Waals surface area contributed by atoms with Crippen LogP contribution in [0.25, 0.3) is 0 Å². The Morgan fingerprint density at radius 1 is 1.47 bits per heavy atom. The molecule has 0 amide bonds. The summed E-state index contributed by atoms with van der Waals surface area (Å²) in [6.45, 7) is 4.06. The van der Waals surface area contributed by atoms with E-state index in [1.807, 2.05) is 24.3 Å². The average molecular weight is 226 g/mol. The second-order valence-corrected chi connectivity index (χ2v) is 4.32. The molecule has 0 spiro atoms. The molecule has 0 aliphatic carbocycles. The van der Waals surface area contributed by atoms with Crippen molar-refractivity contribution in [3.8, 4) is 0 Å². The first-order valence-corrected chi connectivity index (χ1v) is 5.76. The van der Waals surface area contributed by atoms with Crippen LogP contribution in [0.1, 0.15) is 25.0 Å². The highest BCUT2D eigenvalue weighted by molar-refractivity contribution is 6.31. The lowest BCUT2D eigenvalue weighted by Crippen LogP contribution is -2.18. The maximum absolute atomic E-state index is 6.11. The summed E-state index contributed by atoms with van der Waals surface area (Å²) in [5.74, 6) is 0. The highest BCUT2D eigenvalue weighted by atomic mass is 35.5. The van der Waals surface area contributed by atoms with Gasteiger partial charge in [0.25, 0.3) is 0 Å². The van der Waals surface area contributed by atoms with Gasteiger partial charge in [0.15, 0.2) is 0 Å². The van der Waals surface area contributed by atoms with E-state index in [0.717, 1.165) is 30.1 Å². The highest BCUT2D eigenvalue weighted by Crippen LogP contribution is 2.26. The number of nitrogens with one attached hydrogen (secondary N) is 1. The number of halogens is 1. The zero-order valence-electron chi connectivity index (χ0n) is 8.87. The van der Waals surface area contributed by atoms with Gasteiger partial charge in [0.2, 0.25) is 0 Å². The molecule has 1 heterocycles. The molecule has 1 aromatic carbocycles. The zero-order valence-corrected chi connectivity index (χ0v) is 9.63. The van der Waals surface area contributed by atoms with Crippen LogP contribution in [0, 0.1) is 0 Å². The number of hydrogen-bond acceptors (Lipinski definition) is 2. The molecule has 2 rings (SSSR count). The molecule has 1 saturated heterocycles. The van der Waals surface area contributed by atoms with E-state index < -0.39 is 0 Å². The van der Waals surface area contributed by atoms with Crippen LogP contribution in [0.4, 0.5) is 0 Å². The molecule has 1 aliphatic heterocycles. The Kier molecular flexibility index (Phi) is 3.62. The Bertz CT molecular complexity index is 323. The predicted octanol–water partition coefficient (Wildman–Crippen LogP) is 2.78. The van der Waals surface area contributed by atoms with Gasteiger partial charge in [0, 0.05) is 11.6 Å². The van der Waals surface area contributed by atoms with Gasteiger partial charge < -0.3 is 10.1 Å². The fraction of sp³-hybridized carbons (Fsp3) is 0.500. The van der Waals surface area contributed by atoms with Crippen LogP contribution in [0.5, 0.6) is 0 Å². The normalized spacial score (nSPS) is 22.9. The lowest BCUT2D eigenvalue weighted by molar-refractivity contribution is 0.00834. The molecule has 1 aromatic rings. The second kappa shape index (κ2) is 4.97. The molecule has 0 bridgehead atoms. The highest BCUT2D eigenvalue weighted by Gasteiger charge is 2.19. The zero-order chi connectivity index (χ0) is 10.7. The van der Waals surface area contributed by atoms with Crippen molar-refractivity contribution in [3.63, 3.8) is 0 Å². The van der Waals surface area contributed by atoms with Crippen molar-refractivity contribution in [3.05, 3.63) is 34.9 Å². The number of hydrogen-bond donors (Lipinski definition) is 1. The van der Waals surface area contributed by atoms with Crippen LogP contribution < -0.4 is 5.32 Å². The topological polar surface area (TPSA) is 21.3 Å². The molecule has 2 atom stereocenters. The van der Waals surface area contributed by atoms with E-state index in [0.29, 0.717) is 6.10 Å². The summed E-state index contributed by atoms with van der Waals surface area (Å²) in [5, 5.41) is 4.07. The number of rotatable bonds is 3. The Balaban J connectivity index is 2.00. The maximum atomic E-state index is 6.11. The molecule has 2 nitrogen and oxygen atoms in total. The summed E-state index contributed by atoms with van der Waals surface area (Å²) in [4.78, 5) is 0. The van der Waals surface area contributed by atoms with Crippen molar-refractivity contribution in [1.82, 2.24) is 5.32 Å². The standard InChI is InChI=1S/C12H16ClNO/c1-9(15-10-6-7-14-8-10)11-4-2-3-5-12(11)13/h2-5,9-10,14H,6-8H2,1H3. The Morgan fingerprint density at radius 2 is 2.27 bits per heavy atom. The molecule has 0 radical (unpaired) electrons. The molecule has 1 fully saturated rings. The van der Waals surface area contributed by atoms with E-state index in [1.54, 1.807) is 0 Å². The van der Waals surface area contributed by atoms with Gasteiger partial charge in [-0.05, 0) is 31.5 Å². The second-order valence-electron chi connectivity index (χ2n) is 3.91. The van der Waals surface area contributed by atoms with E-state index >= 15 is 0 Å². The van der Waals surface area contributed by atoms with Gasteiger partial charge in [0.1, 0.15) is 0 Å². The third-order valence-corrected chi connectivity index (χ3v) is 3.10. The van der Waals surface area contributed by atoms with Crippen molar-refractivity contribution >= 4 is 11.6 Å². The van der Waals surface area contributed by atoms with Crippen LogP contribution >= 0.6 is 11.6 Å². The first-order valence-electron chi connectivity index (χ1n) is 5.38. The monoisotopic (exact) mass is 225 g/mol. The van der Waals surface area contributed by atoms with Crippen LogP contribution in [-0.4, -0.2) is 19.2 Å². The first kappa shape index (κ1) is 10.9. The van der Waals surface area contributed by atoms with Gasteiger partial charge in [-0.15, -0.1) is 0 Å². The quantitative estimate of drug-likeness (QED) is 0.854. The van der Waals surface area contributed by atoms with Gasteiger partial charge in [-0.3, -0.25) is 0 Å². The summed E-state index contributed by atoms with van der Waals surface area (Å²) in [6, 6.07) is 7.86. The lowest BCUT2D eigenvalue weighted by Gasteiger charge is -2.19. The molecule has 0 saturated carbocycles. The van der Waals surface area contributed by atoms with Crippen molar-refractivity contribution in [2.45, 2.75) is 25.6 Å². The van der Waals surface area contributed by atoms with Crippen molar-refractivity contribution in [2.24, 2.45) is 0 Å². The largest absolute Gasteiger partial charge is 0.369 e. The smallest absolute Gasteiger partial charge is 0.0815 e. The van der Waals surface area contributed by atoms with Crippen molar-refractivity contribution in [1.29, 1.82) is 0 Å². The molecule has 15 heavy (non-hydrogen) atoms. The van der Waals surface area contributed by atoms with E-state index in [-0.39, 0.29) is 6.10 Å². The summed E-state index contributed by atoms with van der Waals surface area (Å²) >= 11 is 6.11. The Hall–Kier alpha value is -0.570. The van der Waals surface area contributed by atoms with Crippen LogP contribution in [0.3, 0.4) is 0 Å². The third kappa shape index (κ3) is 2.71. The van der Waals surface area contributed by atoms with Crippen LogP contribution in [-0.2, 0) is 4.74 Å². The third-order valence-electron chi connectivity index (χ3n) is 2.75. The molecule has 3 heteroatoms. The predicted molar refractivity (Wildman–Crippen MR) is 62.2 cm³/mol. The summed E-state index contributed by atoms with van der Waals surface area (Å²) < 4.78 is 5.93. The SMILES string of the molecule is CC(OC1CCNC1)c1ccccc1Cl. The molecule has 1 N–H and O–H groups in total. The Morgan fingerprint density at radius 3 is 2.93 bits per heavy atom. The lowest BCUT2D eigenvalue weighted by atomic mass is 10.1. The minimum atomic E-state index is 0.0728. The molecule has 1 aliphatic rings. The van der Waals surface area contributed by atoms with Gasteiger partial charge in [0.05, 0.1) is 12.2 Å². The molecular formula is C12H16ClNO. The molecular weight excluding hydrogens is 210 g/mol. The summed E-state index contributed by atoms with van der Waals surface area (Å²) in [5.41, 5.74) is 1.08. The fourth-order valence-electron chi connectivity index (χ4n) is 1.91. The van der Waals surface area contributed by atoms with E-state index in [2.05, 4.69) is 12.2 Å². The van der Waals surface area contributed by atoms with Gasteiger partial charge in [-0.2, -0.15) is 0 Å².